The van der Waals surface area contributed by atoms with Crippen LogP contribution in [-0.2, 0) is 19.4 Å². The van der Waals surface area contributed by atoms with E-state index in [9.17, 15) is 13.2 Å². The fraction of sp³-hybridized carbons (Fsp3) is 0.588. The number of methoxy groups -OCH3 is 1. The largest absolute Gasteiger partial charge is 0.497 e. The van der Waals surface area contributed by atoms with Gasteiger partial charge in [0.1, 0.15) is 12.4 Å². The molecule has 1 saturated heterocycles. The van der Waals surface area contributed by atoms with Crippen LogP contribution < -0.4 is 10.1 Å². The zero-order chi connectivity index (χ0) is 18.6. The molecule has 0 radical (unpaired) electrons. The number of hydrogen-bond donors (Lipinski definition) is 2. The molecule has 1 heterocycles. The first-order valence-electron chi connectivity index (χ1n) is 8.23. The number of hydrogen-bond acceptors (Lipinski definition) is 6. The molecule has 7 nitrogen and oxygen atoms in total. The van der Waals surface area contributed by atoms with E-state index in [-0.39, 0.29) is 4.90 Å². The van der Waals surface area contributed by atoms with Crippen molar-refractivity contribution >= 4 is 15.8 Å². The average molecular weight is 371 g/mol. The molecule has 1 aliphatic rings. The molecule has 25 heavy (non-hydrogen) atoms. The van der Waals surface area contributed by atoms with Crippen LogP contribution in [0.4, 0.5) is 0 Å². The number of aryl methyl sites for hydroxylation is 2. The number of carboxylic acid groups (broad SMARTS) is 1. The summed E-state index contributed by atoms with van der Waals surface area (Å²) in [7, 11) is -2.37. The number of carbonyl (C=O) groups is 1. The number of ether oxygens (including phenoxy) is 2. The van der Waals surface area contributed by atoms with Gasteiger partial charge >= 0.3 is 5.97 Å². The topological polar surface area (TPSA) is 102 Å². The van der Waals surface area contributed by atoms with Gasteiger partial charge < -0.3 is 19.9 Å². The fourth-order valence-corrected chi connectivity index (χ4v) is 5.44. The minimum atomic E-state index is -3.89. The molecule has 8 heteroatoms. The molecule has 0 aliphatic carbocycles. The number of piperidine rings is 1. The number of rotatable bonds is 7. The van der Waals surface area contributed by atoms with Crippen molar-refractivity contribution < 1.29 is 27.8 Å². The lowest BCUT2D eigenvalue weighted by Crippen LogP contribution is -2.49. The van der Waals surface area contributed by atoms with E-state index in [1.807, 2.05) is 0 Å². The molecule has 1 fully saturated rings. The Morgan fingerprint density at radius 1 is 1.32 bits per heavy atom. The zero-order valence-electron chi connectivity index (χ0n) is 14.7. The van der Waals surface area contributed by atoms with Gasteiger partial charge in [0.2, 0.25) is 9.84 Å². The van der Waals surface area contributed by atoms with Crippen molar-refractivity contribution in [2.45, 2.75) is 49.5 Å². The first kappa shape index (κ1) is 19.7. The summed E-state index contributed by atoms with van der Waals surface area (Å²) in [6.45, 7) is 3.43. The van der Waals surface area contributed by atoms with Gasteiger partial charge in [0.25, 0.3) is 0 Å². The van der Waals surface area contributed by atoms with Gasteiger partial charge in [-0.3, -0.25) is 0 Å². The smallest absolute Gasteiger partial charge is 0.329 e. The Morgan fingerprint density at radius 2 is 1.96 bits per heavy atom. The first-order valence-corrected chi connectivity index (χ1v) is 9.78. The van der Waals surface area contributed by atoms with Crippen molar-refractivity contribution in [2.75, 3.05) is 20.3 Å². The van der Waals surface area contributed by atoms with Crippen LogP contribution in [0.15, 0.2) is 17.0 Å². The Balaban J connectivity index is 2.45. The van der Waals surface area contributed by atoms with Crippen LogP contribution in [0.2, 0.25) is 0 Å². The van der Waals surface area contributed by atoms with Crippen molar-refractivity contribution in [1.29, 1.82) is 0 Å². The van der Waals surface area contributed by atoms with Crippen LogP contribution in [0.1, 0.15) is 30.4 Å². The van der Waals surface area contributed by atoms with Crippen LogP contribution in [0.25, 0.3) is 0 Å². The van der Waals surface area contributed by atoms with E-state index in [1.165, 1.54) is 7.11 Å². The van der Waals surface area contributed by atoms with Crippen LogP contribution in [0.5, 0.6) is 5.75 Å². The van der Waals surface area contributed by atoms with E-state index in [4.69, 9.17) is 14.6 Å². The molecule has 2 unspecified atom stereocenters. The lowest BCUT2D eigenvalue weighted by molar-refractivity contribution is -0.143. The summed E-state index contributed by atoms with van der Waals surface area (Å²) < 4.78 is 37.1. The Bertz CT molecular complexity index is 702. The van der Waals surface area contributed by atoms with Gasteiger partial charge in [-0.25, -0.2) is 13.2 Å². The Hall–Kier alpha value is -1.64. The number of benzene rings is 1. The van der Waals surface area contributed by atoms with Crippen LogP contribution in [-0.4, -0.2) is 51.2 Å². The molecule has 0 bridgehead atoms. The number of sulfone groups is 1. The maximum atomic E-state index is 13.3. The van der Waals surface area contributed by atoms with E-state index in [0.29, 0.717) is 29.8 Å². The second-order valence-electron chi connectivity index (χ2n) is 6.26. The molecule has 2 atom stereocenters. The van der Waals surface area contributed by atoms with Crippen LogP contribution >= 0.6 is 0 Å². The molecule has 2 rings (SSSR count). The molecule has 140 valence electrons. The van der Waals surface area contributed by atoms with Crippen LogP contribution in [0, 0.1) is 13.8 Å². The van der Waals surface area contributed by atoms with E-state index in [0.717, 1.165) is 12.8 Å². The highest BCUT2D eigenvalue weighted by atomic mass is 32.2. The summed E-state index contributed by atoms with van der Waals surface area (Å²) in [5.74, 6) is -0.619. The van der Waals surface area contributed by atoms with E-state index in [1.54, 1.807) is 26.0 Å². The maximum Gasteiger partial charge on any atom is 0.329 e. The maximum absolute atomic E-state index is 13.3. The normalized spacial score (nSPS) is 19.4. The van der Waals surface area contributed by atoms with Gasteiger partial charge in [-0.05, 0) is 56.5 Å². The van der Waals surface area contributed by atoms with Crippen molar-refractivity contribution in [2.24, 2.45) is 0 Å². The molecule has 1 aliphatic heterocycles. The third kappa shape index (κ3) is 4.50. The van der Waals surface area contributed by atoms with Gasteiger partial charge in [-0.15, -0.1) is 0 Å². The average Bonchev–Trinajstić information content (AvgIpc) is 2.54. The highest BCUT2D eigenvalue weighted by Gasteiger charge is 2.38. The quantitative estimate of drug-likeness (QED) is 0.751. The Labute approximate surface area is 148 Å². The minimum absolute atomic E-state index is 0.177. The van der Waals surface area contributed by atoms with Gasteiger partial charge in [-0.2, -0.15) is 0 Å². The Morgan fingerprint density at radius 3 is 2.44 bits per heavy atom. The lowest BCUT2D eigenvalue weighted by atomic mass is 10.1. The van der Waals surface area contributed by atoms with Crippen molar-refractivity contribution in [3.05, 3.63) is 23.3 Å². The highest BCUT2D eigenvalue weighted by Crippen LogP contribution is 2.31. The number of nitrogens with one attached hydrogen (secondary N) is 1. The summed E-state index contributed by atoms with van der Waals surface area (Å²) in [4.78, 5) is 11.1. The molecule has 0 aromatic heterocycles. The fourth-order valence-electron chi connectivity index (χ4n) is 3.28. The third-order valence-electron chi connectivity index (χ3n) is 4.31. The number of aliphatic carboxylic acids is 1. The molecular weight excluding hydrogens is 346 g/mol. The SMILES string of the molecule is COc1cc(C)c(S(=O)(=O)C(OCC(=O)O)C2CCCCN2)c(C)c1. The molecule has 2 N–H and O–H groups in total. The standard InChI is InChI=1S/C17H25NO6S/c1-11-8-13(23-3)9-12(2)16(11)25(21,22)17(24-10-15(19)20)14-6-4-5-7-18-14/h8-9,14,17-18H,4-7,10H2,1-3H3,(H,19,20). The second kappa shape index (κ2) is 8.16. The summed E-state index contributed by atoms with van der Waals surface area (Å²) >= 11 is 0. The monoisotopic (exact) mass is 371 g/mol. The van der Waals surface area contributed by atoms with Crippen LogP contribution in [0.3, 0.4) is 0 Å². The van der Waals surface area contributed by atoms with Crippen molar-refractivity contribution in [3.63, 3.8) is 0 Å². The lowest BCUT2D eigenvalue weighted by Gasteiger charge is -2.31. The van der Waals surface area contributed by atoms with Crippen molar-refractivity contribution in [3.8, 4) is 5.75 Å². The molecule has 0 spiro atoms. The van der Waals surface area contributed by atoms with Gasteiger partial charge in [0.15, 0.2) is 5.44 Å². The second-order valence-corrected chi connectivity index (χ2v) is 8.23. The molecule has 1 aromatic rings. The van der Waals surface area contributed by atoms with E-state index in [2.05, 4.69) is 5.32 Å². The molecule has 1 aromatic carbocycles. The highest BCUT2D eigenvalue weighted by molar-refractivity contribution is 7.92. The van der Waals surface area contributed by atoms with Crippen molar-refractivity contribution in [1.82, 2.24) is 5.32 Å². The molecular formula is C17H25NO6S. The van der Waals surface area contributed by atoms with E-state index >= 15 is 0 Å². The van der Waals surface area contributed by atoms with Gasteiger partial charge in [0.05, 0.1) is 12.0 Å². The Kier molecular flexibility index (Phi) is 6.42. The summed E-state index contributed by atoms with van der Waals surface area (Å²) in [5, 5.41) is 12.1. The molecule has 0 saturated carbocycles. The number of carboxylic acids is 1. The molecule has 0 amide bonds. The zero-order valence-corrected chi connectivity index (χ0v) is 15.6. The summed E-state index contributed by atoms with van der Waals surface area (Å²) in [6, 6.07) is 2.88. The van der Waals surface area contributed by atoms with Gasteiger partial charge in [-0.1, -0.05) is 6.42 Å². The van der Waals surface area contributed by atoms with E-state index < -0.39 is 33.9 Å². The summed E-state index contributed by atoms with van der Waals surface area (Å²) in [5.41, 5.74) is -0.136. The predicted molar refractivity (Wildman–Crippen MR) is 92.7 cm³/mol. The van der Waals surface area contributed by atoms with Gasteiger partial charge in [0, 0.05) is 6.04 Å². The third-order valence-corrected chi connectivity index (χ3v) is 6.60. The summed E-state index contributed by atoms with van der Waals surface area (Å²) in [6.07, 6.45) is 2.46. The minimum Gasteiger partial charge on any atom is -0.497 e. The predicted octanol–water partition coefficient (Wildman–Crippen LogP) is 1.66. The first-order chi connectivity index (χ1) is 11.8.